The fourth-order valence-corrected chi connectivity index (χ4v) is 4.38. The molecule has 2 amide bonds. The van der Waals surface area contributed by atoms with Gasteiger partial charge in [0.25, 0.3) is 0 Å². The zero-order valence-electron chi connectivity index (χ0n) is 21.3. The second kappa shape index (κ2) is 12.9. The molecule has 1 aliphatic heterocycles. The molecule has 3 aromatic rings. The van der Waals surface area contributed by atoms with Gasteiger partial charge in [-0.1, -0.05) is 29.8 Å². The Morgan fingerprint density at radius 3 is 2.29 bits per heavy atom. The first-order chi connectivity index (χ1) is 18.4. The van der Waals surface area contributed by atoms with Crippen LogP contribution in [0.15, 0.2) is 60.7 Å². The van der Waals surface area contributed by atoms with Gasteiger partial charge in [-0.15, -0.1) is 0 Å². The molecule has 0 aliphatic carbocycles. The van der Waals surface area contributed by atoms with Crippen molar-refractivity contribution >= 4 is 23.3 Å². The highest BCUT2D eigenvalue weighted by atomic mass is 35.5. The van der Waals surface area contributed by atoms with Gasteiger partial charge in [0.1, 0.15) is 23.1 Å². The first kappa shape index (κ1) is 27.6. The van der Waals surface area contributed by atoms with Crippen LogP contribution in [0.3, 0.4) is 0 Å². The van der Waals surface area contributed by atoms with Crippen molar-refractivity contribution in [1.29, 1.82) is 0 Å². The van der Waals surface area contributed by atoms with Gasteiger partial charge >= 0.3 is 6.03 Å². The number of hydrogen-bond acceptors (Lipinski definition) is 5. The van der Waals surface area contributed by atoms with E-state index in [1.165, 1.54) is 25.3 Å². The standard InChI is InChI=1S/C28H30ClF2N3O4/c1-36-21-10-11-25(26(16-21)37-2)32-28(35)34-14-12-33(13-15-34)17-27(19-6-8-20(29)9-7-19)38-18-22-23(30)4-3-5-24(22)31/h3-11,16,27H,12-15,17-18H2,1-2H3,(H,32,35). The van der Waals surface area contributed by atoms with Gasteiger partial charge in [-0.3, -0.25) is 4.90 Å². The lowest BCUT2D eigenvalue weighted by Crippen LogP contribution is -2.50. The maximum absolute atomic E-state index is 14.2. The maximum atomic E-state index is 14.2. The topological polar surface area (TPSA) is 63.3 Å². The molecule has 1 heterocycles. The van der Waals surface area contributed by atoms with Gasteiger partial charge in [-0.2, -0.15) is 0 Å². The van der Waals surface area contributed by atoms with Gasteiger partial charge in [0.05, 0.1) is 32.6 Å². The molecule has 7 nitrogen and oxygen atoms in total. The lowest BCUT2D eigenvalue weighted by Gasteiger charge is -2.36. The Hall–Kier alpha value is -3.40. The van der Waals surface area contributed by atoms with Gasteiger partial charge in [0.2, 0.25) is 0 Å². The average Bonchev–Trinajstić information content (AvgIpc) is 2.93. The minimum absolute atomic E-state index is 0.109. The average molecular weight is 546 g/mol. The molecule has 0 aromatic heterocycles. The van der Waals surface area contributed by atoms with Crippen LogP contribution in [-0.4, -0.2) is 62.8 Å². The van der Waals surface area contributed by atoms with Crippen LogP contribution in [-0.2, 0) is 11.3 Å². The van der Waals surface area contributed by atoms with Gasteiger partial charge in [-0.25, -0.2) is 13.6 Å². The molecule has 1 fully saturated rings. The summed E-state index contributed by atoms with van der Waals surface area (Å²) in [5.74, 6) is -0.157. The molecule has 0 saturated carbocycles. The summed E-state index contributed by atoms with van der Waals surface area (Å²) < 4.78 is 44.9. The Morgan fingerprint density at radius 2 is 1.66 bits per heavy atom. The Morgan fingerprint density at radius 1 is 0.974 bits per heavy atom. The van der Waals surface area contributed by atoms with Gasteiger partial charge in [0, 0.05) is 49.4 Å². The number of ether oxygens (including phenoxy) is 3. The lowest BCUT2D eigenvalue weighted by atomic mass is 10.1. The molecule has 202 valence electrons. The molecule has 1 aliphatic rings. The number of urea groups is 1. The molecule has 0 bridgehead atoms. The molecule has 0 spiro atoms. The SMILES string of the molecule is COc1ccc(NC(=O)N2CCN(CC(OCc3c(F)cccc3F)c3ccc(Cl)cc3)CC2)c(OC)c1. The minimum atomic E-state index is -0.645. The van der Waals surface area contributed by atoms with Crippen LogP contribution in [0.2, 0.25) is 5.02 Å². The first-order valence-electron chi connectivity index (χ1n) is 12.2. The first-order valence-corrected chi connectivity index (χ1v) is 12.6. The van der Waals surface area contributed by atoms with E-state index in [9.17, 15) is 13.6 Å². The maximum Gasteiger partial charge on any atom is 0.322 e. The third kappa shape index (κ3) is 6.92. The van der Waals surface area contributed by atoms with Crippen molar-refractivity contribution in [1.82, 2.24) is 9.80 Å². The van der Waals surface area contributed by atoms with E-state index in [1.54, 1.807) is 42.3 Å². The van der Waals surface area contributed by atoms with Crippen LogP contribution in [0.5, 0.6) is 11.5 Å². The number of anilines is 1. The summed E-state index contributed by atoms with van der Waals surface area (Å²) >= 11 is 6.05. The van der Waals surface area contributed by atoms with Crippen molar-refractivity contribution in [2.45, 2.75) is 12.7 Å². The van der Waals surface area contributed by atoms with Crippen LogP contribution in [0.25, 0.3) is 0 Å². The minimum Gasteiger partial charge on any atom is -0.497 e. The zero-order valence-corrected chi connectivity index (χ0v) is 22.0. The number of methoxy groups -OCH3 is 2. The number of piperazine rings is 1. The van der Waals surface area contributed by atoms with Crippen molar-refractivity contribution in [3.8, 4) is 11.5 Å². The van der Waals surface area contributed by atoms with Gasteiger partial charge < -0.3 is 24.4 Å². The number of rotatable bonds is 9. The largest absolute Gasteiger partial charge is 0.497 e. The van der Waals surface area contributed by atoms with Crippen molar-refractivity contribution < 1.29 is 27.8 Å². The second-order valence-electron chi connectivity index (χ2n) is 8.84. The highest BCUT2D eigenvalue weighted by Crippen LogP contribution is 2.29. The molecule has 10 heteroatoms. The Bertz CT molecular complexity index is 1220. The Kier molecular flexibility index (Phi) is 9.38. The van der Waals surface area contributed by atoms with Crippen LogP contribution in [0.1, 0.15) is 17.2 Å². The molecule has 4 rings (SSSR count). The predicted octanol–water partition coefficient (Wildman–Crippen LogP) is 5.74. The number of hydrogen-bond donors (Lipinski definition) is 1. The van der Waals surface area contributed by atoms with Crippen molar-refractivity contribution in [3.05, 3.63) is 88.4 Å². The van der Waals surface area contributed by atoms with E-state index in [0.29, 0.717) is 54.9 Å². The summed E-state index contributed by atoms with van der Waals surface area (Å²) in [6, 6.07) is 15.9. The fraction of sp³-hybridized carbons (Fsp3) is 0.321. The summed E-state index contributed by atoms with van der Waals surface area (Å²) in [7, 11) is 3.09. The van der Waals surface area contributed by atoms with Gasteiger partial charge in [-0.05, 0) is 42.0 Å². The molecular formula is C28H30ClF2N3O4. The predicted molar refractivity (Wildman–Crippen MR) is 142 cm³/mol. The van der Waals surface area contributed by atoms with E-state index in [4.69, 9.17) is 25.8 Å². The quantitative estimate of drug-likeness (QED) is 0.371. The second-order valence-corrected chi connectivity index (χ2v) is 9.27. The highest BCUT2D eigenvalue weighted by Gasteiger charge is 2.25. The van der Waals surface area contributed by atoms with Crippen molar-refractivity contribution in [2.24, 2.45) is 0 Å². The van der Waals surface area contributed by atoms with E-state index >= 15 is 0 Å². The molecule has 1 unspecified atom stereocenters. The number of nitrogens with one attached hydrogen (secondary N) is 1. The molecule has 38 heavy (non-hydrogen) atoms. The Balaban J connectivity index is 1.37. The number of halogens is 3. The molecule has 0 radical (unpaired) electrons. The van der Waals surface area contributed by atoms with Crippen LogP contribution in [0, 0.1) is 11.6 Å². The molecule has 3 aromatic carbocycles. The summed E-state index contributed by atoms with van der Waals surface area (Å²) in [5.41, 5.74) is 1.29. The number of benzene rings is 3. The van der Waals surface area contributed by atoms with Crippen LogP contribution in [0.4, 0.5) is 19.3 Å². The van der Waals surface area contributed by atoms with E-state index in [0.717, 1.165) is 5.56 Å². The van der Waals surface area contributed by atoms with Gasteiger partial charge in [0.15, 0.2) is 0 Å². The summed E-state index contributed by atoms with van der Waals surface area (Å²) in [6.45, 7) is 2.49. The molecular weight excluding hydrogens is 516 g/mol. The number of nitrogens with zero attached hydrogens (tertiary/aromatic N) is 2. The van der Waals surface area contributed by atoms with Crippen molar-refractivity contribution in [2.75, 3.05) is 52.3 Å². The highest BCUT2D eigenvalue weighted by molar-refractivity contribution is 6.30. The zero-order chi connectivity index (χ0) is 27.1. The third-order valence-electron chi connectivity index (χ3n) is 6.47. The third-order valence-corrected chi connectivity index (χ3v) is 6.72. The smallest absolute Gasteiger partial charge is 0.322 e. The lowest BCUT2D eigenvalue weighted by molar-refractivity contribution is 0.00376. The van der Waals surface area contributed by atoms with E-state index in [2.05, 4.69) is 10.2 Å². The van der Waals surface area contributed by atoms with Crippen LogP contribution >= 0.6 is 11.6 Å². The van der Waals surface area contributed by atoms with E-state index in [1.807, 2.05) is 12.1 Å². The summed E-state index contributed by atoms with van der Waals surface area (Å²) in [6.07, 6.45) is -0.449. The number of carbonyl (C=O) groups excluding carboxylic acids is 1. The normalized spacial score (nSPS) is 14.7. The van der Waals surface area contributed by atoms with Crippen LogP contribution < -0.4 is 14.8 Å². The van der Waals surface area contributed by atoms with E-state index < -0.39 is 17.7 Å². The molecule has 1 saturated heterocycles. The summed E-state index contributed by atoms with van der Waals surface area (Å²) in [5, 5.41) is 3.48. The number of amides is 2. The molecule has 1 atom stereocenters. The monoisotopic (exact) mass is 545 g/mol. The van der Waals surface area contributed by atoms with E-state index in [-0.39, 0.29) is 18.2 Å². The molecule has 1 N–H and O–H groups in total. The van der Waals surface area contributed by atoms with Crippen molar-refractivity contribution in [3.63, 3.8) is 0 Å². The Labute approximate surface area is 225 Å². The fourth-order valence-electron chi connectivity index (χ4n) is 4.25. The number of carbonyl (C=O) groups is 1. The summed E-state index contributed by atoms with van der Waals surface area (Å²) in [4.78, 5) is 16.8.